The molecule has 0 saturated carbocycles. The van der Waals surface area contributed by atoms with E-state index in [9.17, 15) is 8.42 Å². The Labute approximate surface area is 172 Å². The van der Waals surface area contributed by atoms with Gasteiger partial charge < -0.3 is 15.6 Å². The summed E-state index contributed by atoms with van der Waals surface area (Å²) in [5.41, 5.74) is 0. The fourth-order valence-corrected chi connectivity index (χ4v) is 2.92. The molecule has 2 rings (SSSR count). The Morgan fingerprint density at radius 2 is 2.24 bits per heavy atom. The predicted octanol–water partition coefficient (Wildman–Crippen LogP) is -0.922. The van der Waals surface area contributed by atoms with Crippen molar-refractivity contribution in [1.82, 2.24) is 0 Å². The average Bonchev–Trinajstić information content (AvgIpc) is 2.84. The number of ether oxygens (including phenoxy) is 3. The van der Waals surface area contributed by atoms with E-state index in [0.717, 1.165) is 11.5 Å². The molecule has 0 radical (unpaired) electrons. The molecule has 1 aromatic heterocycles. The van der Waals surface area contributed by atoms with Gasteiger partial charge in [0.25, 0.3) is 10.1 Å². The molecule has 0 spiro atoms. The fourth-order valence-electron chi connectivity index (χ4n) is 1.78. The van der Waals surface area contributed by atoms with Gasteiger partial charge in [-0.1, -0.05) is 0 Å². The van der Waals surface area contributed by atoms with Crippen molar-refractivity contribution >= 4 is 21.5 Å². The maximum absolute atomic E-state index is 10.8. The van der Waals surface area contributed by atoms with Crippen molar-refractivity contribution in [2.75, 3.05) is 19.8 Å². The van der Waals surface area contributed by atoms with Crippen molar-refractivity contribution in [1.29, 1.82) is 0 Å². The fraction of sp³-hybridized carbons (Fsp3) is 0.667. The van der Waals surface area contributed by atoms with Crippen LogP contribution in [0.1, 0.15) is 21.2 Å². The van der Waals surface area contributed by atoms with Gasteiger partial charge in [-0.2, -0.15) is 8.42 Å². The number of hydrogen-bond donors (Lipinski definition) is 1. The van der Waals surface area contributed by atoms with Gasteiger partial charge in [0.15, 0.2) is 17.6 Å². The summed E-state index contributed by atoms with van der Waals surface area (Å²) in [7, 11) is -3.94. The molecule has 2 atom stereocenters. The number of fused-ring (bicyclic) bond motifs is 1. The van der Waals surface area contributed by atoms with E-state index in [4.69, 9.17) is 18.8 Å². The summed E-state index contributed by atoms with van der Waals surface area (Å²) in [4.78, 5) is 0. The van der Waals surface area contributed by atoms with Crippen LogP contribution in [-0.2, 0) is 14.9 Å². The summed E-state index contributed by atoms with van der Waals surface area (Å²) in [6.07, 6.45) is 0.796. The standard InChI is InChI=1S/C12H18O6S2.K.H/c1-9(20(13,14)15)3-2-4-16-5-10-6-17-11-7-19-8-12(11)18-10;;/h7-10H,2-6H2,1H3,(H,13,14,15);;/q;+1;-1. The first-order chi connectivity index (χ1) is 9.47. The summed E-state index contributed by atoms with van der Waals surface area (Å²) in [6, 6.07) is 0. The minimum atomic E-state index is -3.94. The molecule has 1 N–H and O–H groups in total. The minimum Gasteiger partial charge on any atom is -1.00 e. The van der Waals surface area contributed by atoms with Crippen LogP contribution in [-0.4, -0.2) is 44.1 Å². The van der Waals surface area contributed by atoms with Crippen LogP contribution in [0.5, 0.6) is 11.5 Å². The average molecular weight is 363 g/mol. The minimum absolute atomic E-state index is 0. The van der Waals surface area contributed by atoms with Crippen molar-refractivity contribution in [2.24, 2.45) is 0 Å². The molecule has 0 amide bonds. The zero-order valence-electron chi connectivity index (χ0n) is 13.1. The molecular weight excluding hydrogens is 343 g/mol. The zero-order chi connectivity index (χ0) is 14.6. The van der Waals surface area contributed by atoms with Crippen LogP contribution in [0, 0.1) is 0 Å². The molecule has 1 aliphatic rings. The second kappa shape index (κ2) is 9.19. The Morgan fingerprint density at radius 3 is 2.95 bits per heavy atom. The van der Waals surface area contributed by atoms with Crippen molar-refractivity contribution in [3.8, 4) is 11.5 Å². The van der Waals surface area contributed by atoms with E-state index < -0.39 is 15.4 Å². The van der Waals surface area contributed by atoms with Crippen molar-refractivity contribution < 1.29 is 80.0 Å². The van der Waals surface area contributed by atoms with E-state index in [1.807, 2.05) is 10.8 Å². The summed E-state index contributed by atoms with van der Waals surface area (Å²) in [5, 5.41) is 3.02. The first-order valence-corrected chi connectivity index (χ1v) is 8.81. The monoisotopic (exact) mass is 362 g/mol. The second-order valence-corrected chi connectivity index (χ2v) is 7.27. The SMILES string of the molecule is CC(CCCOCC1COc2cscc2O1)S(=O)(=O)O.[H-].[K+]. The summed E-state index contributed by atoms with van der Waals surface area (Å²) in [6.45, 7) is 2.75. The first-order valence-electron chi connectivity index (χ1n) is 6.36. The quantitative estimate of drug-likeness (QED) is 0.384. The molecule has 0 saturated heterocycles. The van der Waals surface area contributed by atoms with Gasteiger partial charge in [-0.05, 0) is 19.8 Å². The van der Waals surface area contributed by atoms with Crippen LogP contribution in [0.25, 0.3) is 0 Å². The van der Waals surface area contributed by atoms with Crippen LogP contribution in [0.15, 0.2) is 10.8 Å². The van der Waals surface area contributed by atoms with Gasteiger partial charge >= 0.3 is 51.4 Å². The van der Waals surface area contributed by atoms with Crippen molar-refractivity contribution in [3.63, 3.8) is 0 Å². The van der Waals surface area contributed by atoms with Crippen LogP contribution in [0.4, 0.5) is 0 Å². The van der Waals surface area contributed by atoms with Crippen molar-refractivity contribution in [2.45, 2.75) is 31.1 Å². The maximum atomic E-state index is 10.8. The molecule has 0 fully saturated rings. The van der Waals surface area contributed by atoms with Crippen LogP contribution >= 0.6 is 11.3 Å². The van der Waals surface area contributed by atoms with Gasteiger partial charge in [-0.25, -0.2) is 0 Å². The third kappa shape index (κ3) is 6.44. The van der Waals surface area contributed by atoms with Crippen LogP contribution < -0.4 is 60.9 Å². The number of rotatable bonds is 7. The summed E-state index contributed by atoms with van der Waals surface area (Å²) >= 11 is 1.52. The Hall–Kier alpha value is 0.806. The molecule has 116 valence electrons. The Bertz CT molecular complexity index is 535. The molecule has 6 nitrogen and oxygen atoms in total. The van der Waals surface area contributed by atoms with Gasteiger partial charge in [0.05, 0.1) is 11.9 Å². The van der Waals surface area contributed by atoms with E-state index in [-0.39, 0.29) is 58.9 Å². The molecule has 0 bridgehead atoms. The Morgan fingerprint density at radius 1 is 1.52 bits per heavy atom. The molecule has 9 heteroatoms. The van der Waals surface area contributed by atoms with Crippen LogP contribution in [0.2, 0.25) is 0 Å². The third-order valence-electron chi connectivity index (χ3n) is 3.02. The summed E-state index contributed by atoms with van der Waals surface area (Å²) < 4.78 is 47.1. The molecule has 21 heavy (non-hydrogen) atoms. The van der Waals surface area contributed by atoms with Crippen molar-refractivity contribution in [3.05, 3.63) is 10.8 Å². The first kappa shape index (κ1) is 19.9. The third-order valence-corrected chi connectivity index (χ3v) is 4.98. The molecule has 0 aliphatic carbocycles. The molecular formula is C12H19KO6S2. The Kier molecular flexibility index (Phi) is 8.69. The van der Waals surface area contributed by atoms with Crippen LogP contribution in [0.3, 0.4) is 0 Å². The predicted molar refractivity (Wildman–Crippen MR) is 76.4 cm³/mol. The topological polar surface area (TPSA) is 82.1 Å². The van der Waals surface area contributed by atoms with Gasteiger partial charge in [-0.3, -0.25) is 4.55 Å². The van der Waals surface area contributed by atoms with Gasteiger partial charge in [0.1, 0.15) is 6.61 Å². The Balaban J connectivity index is 0.00000220. The number of hydrogen-bond acceptors (Lipinski definition) is 6. The second-order valence-electron chi connectivity index (χ2n) is 4.69. The zero-order valence-corrected chi connectivity index (χ0v) is 16.9. The summed E-state index contributed by atoms with van der Waals surface area (Å²) in [5.74, 6) is 1.52. The molecule has 2 heterocycles. The van der Waals surface area contributed by atoms with E-state index >= 15 is 0 Å². The van der Waals surface area contributed by atoms with Gasteiger partial charge in [0.2, 0.25) is 0 Å². The number of thiophene rings is 1. The molecule has 1 aromatic rings. The van der Waals surface area contributed by atoms with E-state index in [1.165, 1.54) is 18.3 Å². The smallest absolute Gasteiger partial charge is 1.00 e. The molecule has 2 unspecified atom stereocenters. The van der Waals surface area contributed by atoms with E-state index in [1.54, 1.807) is 0 Å². The maximum Gasteiger partial charge on any atom is 1.00 e. The van der Waals surface area contributed by atoms with E-state index in [2.05, 4.69) is 0 Å². The normalized spacial score (nSPS) is 18.9. The van der Waals surface area contributed by atoms with E-state index in [0.29, 0.717) is 32.7 Å². The molecule has 1 aliphatic heterocycles. The molecule has 0 aromatic carbocycles. The van der Waals surface area contributed by atoms with Gasteiger partial charge in [-0.15, -0.1) is 11.3 Å². The van der Waals surface area contributed by atoms with Gasteiger partial charge in [0, 0.05) is 17.4 Å². The largest absolute Gasteiger partial charge is 1.00 e.